The average molecular weight is 317 g/mol. The van der Waals surface area contributed by atoms with Gasteiger partial charge in [-0.05, 0) is 18.1 Å². The van der Waals surface area contributed by atoms with Crippen LogP contribution in [0.1, 0.15) is 35.1 Å². The Morgan fingerprint density at radius 1 is 1.39 bits per heavy atom. The van der Waals surface area contributed by atoms with Crippen LogP contribution in [0.3, 0.4) is 0 Å². The Labute approximate surface area is 135 Å². The van der Waals surface area contributed by atoms with Gasteiger partial charge in [0.2, 0.25) is 0 Å². The molecule has 1 amide bonds. The molecule has 0 fully saturated rings. The minimum absolute atomic E-state index is 0.188. The van der Waals surface area contributed by atoms with Crippen molar-refractivity contribution in [1.82, 2.24) is 15.5 Å². The quantitative estimate of drug-likeness (QED) is 0.656. The van der Waals surface area contributed by atoms with Gasteiger partial charge in [0.05, 0.1) is 25.9 Å². The lowest BCUT2D eigenvalue weighted by molar-refractivity contribution is 0.0672. The van der Waals surface area contributed by atoms with Gasteiger partial charge in [-0.15, -0.1) is 0 Å². The summed E-state index contributed by atoms with van der Waals surface area (Å²) < 4.78 is 5.55. The normalized spacial score (nSPS) is 12.1. The number of rotatable bonds is 9. The zero-order valence-corrected chi connectivity index (χ0v) is 13.3. The Morgan fingerprint density at radius 2 is 2.17 bits per heavy atom. The van der Waals surface area contributed by atoms with Gasteiger partial charge in [-0.25, -0.2) is 0 Å². The van der Waals surface area contributed by atoms with Crippen molar-refractivity contribution in [2.75, 3.05) is 13.2 Å². The molecule has 1 aromatic carbocycles. The maximum Gasteiger partial charge on any atom is 0.272 e. The first-order valence-corrected chi connectivity index (χ1v) is 7.80. The topological polar surface area (TPSA) is 87.2 Å². The van der Waals surface area contributed by atoms with Crippen molar-refractivity contribution in [1.29, 1.82) is 0 Å². The van der Waals surface area contributed by atoms with Crippen molar-refractivity contribution in [3.05, 3.63) is 53.3 Å². The molecule has 2 rings (SSSR count). The number of aromatic nitrogens is 2. The number of amides is 1. The summed E-state index contributed by atoms with van der Waals surface area (Å²) >= 11 is 0. The van der Waals surface area contributed by atoms with Crippen molar-refractivity contribution < 1.29 is 14.6 Å². The maximum absolute atomic E-state index is 12.1. The number of nitrogens with zero attached hydrogens (tertiary/aromatic N) is 1. The van der Waals surface area contributed by atoms with E-state index >= 15 is 0 Å². The Kier molecular flexibility index (Phi) is 6.77. The maximum atomic E-state index is 12.1. The van der Waals surface area contributed by atoms with Gasteiger partial charge in [0.25, 0.3) is 5.91 Å². The number of aliphatic hydroxyl groups excluding tert-OH is 1. The first kappa shape index (κ1) is 17.2. The van der Waals surface area contributed by atoms with Crippen LogP contribution in [0.5, 0.6) is 0 Å². The van der Waals surface area contributed by atoms with E-state index in [1.54, 1.807) is 6.07 Å². The van der Waals surface area contributed by atoms with Crippen molar-refractivity contribution in [2.24, 2.45) is 0 Å². The van der Waals surface area contributed by atoms with E-state index in [0.29, 0.717) is 12.3 Å². The van der Waals surface area contributed by atoms with E-state index in [2.05, 4.69) is 22.4 Å². The summed E-state index contributed by atoms with van der Waals surface area (Å²) in [6.07, 6.45) is 1.83. The Morgan fingerprint density at radius 3 is 2.87 bits per heavy atom. The number of aromatic amines is 1. The molecule has 23 heavy (non-hydrogen) atoms. The molecule has 0 aliphatic carbocycles. The van der Waals surface area contributed by atoms with Gasteiger partial charge < -0.3 is 15.2 Å². The van der Waals surface area contributed by atoms with E-state index in [-0.39, 0.29) is 19.1 Å². The van der Waals surface area contributed by atoms with Gasteiger partial charge in [0.15, 0.2) is 0 Å². The highest BCUT2D eigenvalue weighted by atomic mass is 16.5. The number of benzene rings is 1. The van der Waals surface area contributed by atoms with Gasteiger partial charge in [-0.1, -0.05) is 43.7 Å². The van der Waals surface area contributed by atoms with Crippen LogP contribution >= 0.6 is 0 Å². The van der Waals surface area contributed by atoms with Gasteiger partial charge in [-0.2, -0.15) is 5.10 Å². The number of carbonyl (C=O) groups excluding carboxylic acids is 1. The van der Waals surface area contributed by atoms with Crippen LogP contribution in [0.2, 0.25) is 0 Å². The molecule has 0 unspecified atom stereocenters. The summed E-state index contributed by atoms with van der Waals surface area (Å²) in [5.74, 6) is -0.314. The number of nitrogens with one attached hydrogen (secondary N) is 2. The first-order chi connectivity index (χ1) is 11.2. The molecular formula is C17H23N3O3. The molecule has 6 heteroatoms. The van der Waals surface area contributed by atoms with Crippen molar-refractivity contribution in [2.45, 2.75) is 32.4 Å². The fourth-order valence-electron chi connectivity index (χ4n) is 2.17. The van der Waals surface area contributed by atoms with Gasteiger partial charge in [0, 0.05) is 5.69 Å². The minimum Gasteiger partial charge on any atom is -0.394 e. The van der Waals surface area contributed by atoms with Crippen LogP contribution in [0.4, 0.5) is 0 Å². The third-order valence-electron chi connectivity index (χ3n) is 3.37. The summed E-state index contributed by atoms with van der Waals surface area (Å²) in [6, 6.07) is 11.0. The van der Waals surface area contributed by atoms with Gasteiger partial charge in [-0.3, -0.25) is 9.89 Å². The van der Waals surface area contributed by atoms with Crippen LogP contribution in [0.25, 0.3) is 0 Å². The van der Waals surface area contributed by atoms with Gasteiger partial charge in [0.1, 0.15) is 5.69 Å². The lowest BCUT2D eigenvalue weighted by atomic mass is 10.2. The summed E-state index contributed by atoms with van der Waals surface area (Å²) in [6.45, 7) is 2.55. The minimum atomic E-state index is -0.461. The van der Waals surface area contributed by atoms with Crippen LogP contribution in [-0.2, 0) is 17.8 Å². The summed E-state index contributed by atoms with van der Waals surface area (Å²) in [4.78, 5) is 12.1. The number of H-pyrrole nitrogens is 1. The lowest BCUT2D eigenvalue weighted by Crippen LogP contribution is -2.41. The van der Waals surface area contributed by atoms with E-state index in [1.165, 1.54) is 0 Å². The molecule has 0 bridgehead atoms. The number of carbonyl (C=O) groups is 1. The molecule has 0 spiro atoms. The average Bonchev–Trinajstić information content (AvgIpc) is 3.04. The summed E-state index contributed by atoms with van der Waals surface area (Å²) in [5.41, 5.74) is 2.31. The molecule has 6 nitrogen and oxygen atoms in total. The zero-order valence-electron chi connectivity index (χ0n) is 13.3. The molecule has 0 radical (unpaired) electrons. The smallest absolute Gasteiger partial charge is 0.272 e. The Balaban J connectivity index is 1.79. The van der Waals surface area contributed by atoms with Crippen molar-refractivity contribution in [3.63, 3.8) is 0 Å². The molecule has 1 atom stereocenters. The van der Waals surface area contributed by atoms with Crippen LogP contribution in [0, 0.1) is 0 Å². The van der Waals surface area contributed by atoms with Crippen molar-refractivity contribution >= 4 is 5.91 Å². The molecule has 124 valence electrons. The fraction of sp³-hybridized carbons (Fsp3) is 0.412. The fourth-order valence-corrected chi connectivity index (χ4v) is 2.17. The van der Waals surface area contributed by atoms with E-state index in [0.717, 1.165) is 24.1 Å². The molecule has 1 aromatic heterocycles. The first-order valence-electron chi connectivity index (χ1n) is 7.80. The summed E-state index contributed by atoms with van der Waals surface area (Å²) in [7, 11) is 0. The highest BCUT2D eigenvalue weighted by Crippen LogP contribution is 2.04. The number of hydrogen-bond donors (Lipinski definition) is 3. The van der Waals surface area contributed by atoms with E-state index in [4.69, 9.17) is 4.74 Å². The standard InChI is InChI=1S/C17H23N3O3/c1-2-6-14-9-16(20-19-14)17(22)18-15(10-21)12-23-11-13-7-4-3-5-8-13/h3-5,7-9,15,21H,2,6,10-12H2,1H3,(H,18,22)(H,19,20)/t15-/m1/s1. The SMILES string of the molecule is CCCc1cc(C(=O)N[C@H](CO)COCc2ccccc2)n[nH]1. The Hall–Kier alpha value is -2.18. The number of aryl methyl sites for hydroxylation is 1. The molecular weight excluding hydrogens is 294 g/mol. The molecule has 3 N–H and O–H groups in total. The lowest BCUT2D eigenvalue weighted by Gasteiger charge is -2.15. The van der Waals surface area contributed by atoms with E-state index in [9.17, 15) is 9.90 Å². The van der Waals surface area contributed by atoms with E-state index in [1.807, 2.05) is 30.3 Å². The predicted molar refractivity (Wildman–Crippen MR) is 87.0 cm³/mol. The van der Waals surface area contributed by atoms with E-state index < -0.39 is 6.04 Å². The second kappa shape index (κ2) is 9.07. The number of aliphatic hydroxyl groups is 1. The third-order valence-corrected chi connectivity index (χ3v) is 3.37. The second-order valence-corrected chi connectivity index (χ2v) is 5.38. The number of ether oxygens (including phenoxy) is 1. The van der Waals surface area contributed by atoms with Gasteiger partial charge >= 0.3 is 0 Å². The molecule has 0 saturated carbocycles. The third kappa shape index (κ3) is 5.50. The van der Waals surface area contributed by atoms with Crippen LogP contribution in [-0.4, -0.2) is 40.5 Å². The second-order valence-electron chi connectivity index (χ2n) is 5.38. The molecule has 0 aliphatic rings. The zero-order chi connectivity index (χ0) is 16.5. The molecule has 2 aromatic rings. The largest absolute Gasteiger partial charge is 0.394 e. The highest BCUT2D eigenvalue weighted by molar-refractivity contribution is 5.92. The molecule has 0 aliphatic heterocycles. The Bertz CT molecular complexity index is 598. The highest BCUT2D eigenvalue weighted by Gasteiger charge is 2.15. The molecule has 1 heterocycles. The number of hydrogen-bond acceptors (Lipinski definition) is 4. The predicted octanol–water partition coefficient (Wildman–Crippen LogP) is 1.67. The molecule has 0 saturated heterocycles. The monoisotopic (exact) mass is 317 g/mol. The van der Waals surface area contributed by atoms with Crippen LogP contribution < -0.4 is 5.32 Å². The van der Waals surface area contributed by atoms with Crippen LogP contribution in [0.15, 0.2) is 36.4 Å². The summed E-state index contributed by atoms with van der Waals surface area (Å²) in [5, 5.41) is 18.9. The van der Waals surface area contributed by atoms with Crippen molar-refractivity contribution in [3.8, 4) is 0 Å².